The van der Waals surface area contributed by atoms with Gasteiger partial charge in [0.2, 0.25) is 0 Å². The van der Waals surface area contributed by atoms with Crippen LogP contribution in [0.25, 0.3) is 5.69 Å². The van der Waals surface area contributed by atoms with Crippen LogP contribution >= 0.6 is 0 Å². The van der Waals surface area contributed by atoms with Gasteiger partial charge in [-0.3, -0.25) is 0 Å². The van der Waals surface area contributed by atoms with Gasteiger partial charge < -0.3 is 10.5 Å². The van der Waals surface area contributed by atoms with Gasteiger partial charge in [-0.25, -0.2) is 0 Å². The first kappa shape index (κ1) is 9.51. The molecule has 2 N–H and O–H groups in total. The fourth-order valence-corrected chi connectivity index (χ4v) is 1.24. The molecule has 1 heterocycles. The van der Waals surface area contributed by atoms with E-state index in [0.29, 0.717) is 12.4 Å². The molecule has 0 aliphatic rings. The van der Waals surface area contributed by atoms with Gasteiger partial charge in [0.25, 0.3) is 0 Å². The van der Waals surface area contributed by atoms with E-state index in [1.54, 1.807) is 0 Å². The fourth-order valence-electron chi connectivity index (χ4n) is 1.24. The summed E-state index contributed by atoms with van der Waals surface area (Å²) >= 11 is 0. The number of ether oxygens (including phenoxy) is 1. The molecular weight excluding hydrogens is 192 g/mol. The Balaban J connectivity index is 2.23. The summed E-state index contributed by atoms with van der Waals surface area (Å²) in [5.41, 5.74) is 6.33. The van der Waals surface area contributed by atoms with Crippen molar-refractivity contribution in [1.82, 2.24) is 15.0 Å². The maximum absolute atomic E-state index is 5.47. The van der Waals surface area contributed by atoms with Crippen LogP contribution in [0, 0.1) is 0 Å². The number of nitrogens with two attached hydrogens (primary N) is 1. The molecule has 0 amide bonds. The van der Waals surface area contributed by atoms with Crippen LogP contribution in [0.1, 0.15) is 6.92 Å². The highest BCUT2D eigenvalue weighted by Gasteiger charge is 2.00. The Morgan fingerprint density at radius 3 is 2.60 bits per heavy atom. The number of nitrogen functional groups attached to an aromatic ring is 1. The molecule has 0 aliphatic carbocycles. The molecule has 78 valence electrons. The van der Waals surface area contributed by atoms with Crippen LogP contribution < -0.4 is 10.5 Å². The highest BCUT2D eigenvalue weighted by atomic mass is 16.5. The molecule has 5 heteroatoms. The first-order valence-electron chi connectivity index (χ1n) is 4.70. The molecule has 2 aromatic rings. The third-order valence-corrected chi connectivity index (χ3v) is 1.89. The largest absolute Gasteiger partial charge is 0.494 e. The van der Waals surface area contributed by atoms with Crippen molar-refractivity contribution in [2.24, 2.45) is 0 Å². The van der Waals surface area contributed by atoms with E-state index in [2.05, 4.69) is 10.2 Å². The van der Waals surface area contributed by atoms with E-state index < -0.39 is 0 Å². The summed E-state index contributed by atoms with van der Waals surface area (Å²) in [6.45, 7) is 2.61. The van der Waals surface area contributed by atoms with Gasteiger partial charge in [0, 0.05) is 0 Å². The van der Waals surface area contributed by atoms with Crippen molar-refractivity contribution >= 4 is 5.82 Å². The predicted octanol–water partition coefficient (Wildman–Crippen LogP) is 1.25. The van der Waals surface area contributed by atoms with E-state index in [1.165, 1.54) is 11.0 Å². The average Bonchev–Trinajstić information content (AvgIpc) is 2.67. The van der Waals surface area contributed by atoms with Crippen molar-refractivity contribution in [3.8, 4) is 11.4 Å². The zero-order chi connectivity index (χ0) is 10.7. The number of anilines is 1. The van der Waals surface area contributed by atoms with Gasteiger partial charge in [-0.05, 0) is 31.2 Å². The zero-order valence-corrected chi connectivity index (χ0v) is 8.42. The molecule has 0 atom stereocenters. The molecule has 0 fully saturated rings. The Kier molecular flexibility index (Phi) is 2.53. The SMILES string of the molecule is CCOc1ccc(-n2ncc(N)n2)cc1. The molecule has 0 spiro atoms. The molecule has 0 saturated carbocycles. The molecule has 0 saturated heterocycles. The Bertz CT molecular complexity index is 435. The molecule has 1 aromatic heterocycles. The molecule has 0 radical (unpaired) electrons. The zero-order valence-electron chi connectivity index (χ0n) is 8.42. The second-order valence-corrected chi connectivity index (χ2v) is 2.99. The van der Waals surface area contributed by atoms with Crippen LogP contribution in [-0.4, -0.2) is 21.6 Å². The van der Waals surface area contributed by atoms with Crippen molar-refractivity contribution in [2.75, 3.05) is 12.3 Å². The summed E-state index contributed by atoms with van der Waals surface area (Å²) in [6.07, 6.45) is 1.51. The maximum Gasteiger partial charge on any atom is 0.166 e. The second kappa shape index (κ2) is 4.00. The fraction of sp³-hybridized carbons (Fsp3) is 0.200. The number of hydrogen-bond donors (Lipinski definition) is 1. The lowest BCUT2D eigenvalue weighted by atomic mass is 10.3. The minimum atomic E-state index is 0.406. The minimum absolute atomic E-state index is 0.406. The van der Waals surface area contributed by atoms with Gasteiger partial charge in [0.1, 0.15) is 5.75 Å². The summed E-state index contributed by atoms with van der Waals surface area (Å²) in [5.74, 6) is 1.24. The minimum Gasteiger partial charge on any atom is -0.494 e. The summed E-state index contributed by atoms with van der Waals surface area (Å²) in [6, 6.07) is 7.51. The Hall–Kier alpha value is -2.04. The summed E-state index contributed by atoms with van der Waals surface area (Å²) in [5, 5.41) is 8.00. The van der Waals surface area contributed by atoms with Gasteiger partial charge in [0.05, 0.1) is 18.5 Å². The normalized spacial score (nSPS) is 10.2. The Morgan fingerprint density at radius 1 is 1.33 bits per heavy atom. The molecule has 0 bridgehead atoms. The number of benzene rings is 1. The van der Waals surface area contributed by atoms with E-state index in [-0.39, 0.29) is 0 Å². The number of aromatic nitrogens is 3. The first-order valence-corrected chi connectivity index (χ1v) is 4.70. The molecule has 2 rings (SSSR count). The van der Waals surface area contributed by atoms with Gasteiger partial charge in [-0.1, -0.05) is 0 Å². The van der Waals surface area contributed by atoms with Gasteiger partial charge in [-0.15, -0.1) is 9.90 Å². The lowest BCUT2D eigenvalue weighted by Crippen LogP contribution is -1.99. The van der Waals surface area contributed by atoms with Crippen molar-refractivity contribution in [2.45, 2.75) is 6.92 Å². The van der Waals surface area contributed by atoms with Crippen LogP contribution in [0.15, 0.2) is 30.5 Å². The monoisotopic (exact) mass is 204 g/mol. The highest BCUT2D eigenvalue weighted by molar-refractivity contribution is 5.36. The van der Waals surface area contributed by atoms with Crippen LogP contribution in [-0.2, 0) is 0 Å². The van der Waals surface area contributed by atoms with Crippen molar-refractivity contribution in [3.63, 3.8) is 0 Å². The first-order chi connectivity index (χ1) is 7.29. The van der Waals surface area contributed by atoms with Gasteiger partial charge >= 0.3 is 0 Å². The van der Waals surface area contributed by atoms with Gasteiger partial charge in [0.15, 0.2) is 5.82 Å². The van der Waals surface area contributed by atoms with Crippen LogP contribution in [0.5, 0.6) is 5.75 Å². The lowest BCUT2D eigenvalue weighted by Gasteiger charge is -2.03. The standard InChI is InChI=1S/C10H12N4O/c1-2-15-9-5-3-8(4-6-9)14-12-7-10(11)13-14/h3-7H,2H2,1H3,(H2,11,13). The average molecular weight is 204 g/mol. The Labute approximate surface area is 87.5 Å². The lowest BCUT2D eigenvalue weighted by molar-refractivity contribution is 0.340. The molecule has 0 unspecified atom stereocenters. The third-order valence-electron chi connectivity index (χ3n) is 1.89. The smallest absolute Gasteiger partial charge is 0.166 e. The molecular formula is C10H12N4O. The third kappa shape index (κ3) is 2.07. The van der Waals surface area contributed by atoms with Crippen LogP contribution in [0.4, 0.5) is 5.82 Å². The summed E-state index contributed by atoms with van der Waals surface area (Å²) in [4.78, 5) is 1.48. The Morgan fingerprint density at radius 2 is 2.07 bits per heavy atom. The topological polar surface area (TPSA) is 66.0 Å². The number of rotatable bonds is 3. The molecule has 1 aromatic carbocycles. The number of nitrogens with zero attached hydrogens (tertiary/aromatic N) is 3. The summed E-state index contributed by atoms with van der Waals surface area (Å²) < 4.78 is 5.33. The maximum atomic E-state index is 5.47. The quantitative estimate of drug-likeness (QED) is 0.817. The molecule has 15 heavy (non-hydrogen) atoms. The van der Waals surface area contributed by atoms with Crippen molar-refractivity contribution in [1.29, 1.82) is 0 Å². The number of hydrogen-bond acceptors (Lipinski definition) is 4. The van der Waals surface area contributed by atoms with E-state index in [4.69, 9.17) is 10.5 Å². The van der Waals surface area contributed by atoms with E-state index in [1.807, 2.05) is 31.2 Å². The van der Waals surface area contributed by atoms with Crippen LogP contribution in [0.2, 0.25) is 0 Å². The predicted molar refractivity (Wildman–Crippen MR) is 56.9 cm³/mol. The van der Waals surface area contributed by atoms with E-state index in [0.717, 1.165) is 11.4 Å². The van der Waals surface area contributed by atoms with E-state index >= 15 is 0 Å². The molecule has 0 aliphatic heterocycles. The van der Waals surface area contributed by atoms with Crippen molar-refractivity contribution < 1.29 is 4.74 Å². The van der Waals surface area contributed by atoms with Gasteiger partial charge in [-0.2, -0.15) is 5.10 Å². The highest BCUT2D eigenvalue weighted by Crippen LogP contribution is 2.14. The van der Waals surface area contributed by atoms with Crippen LogP contribution in [0.3, 0.4) is 0 Å². The molecule has 5 nitrogen and oxygen atoms in total. The van der Waals surface area contributed by atoms with E-state index in [9.17, 15) is 0 Å². The summed E-state index contributed by atoms with van der Waals surface area (Å²) in [7, 11) is 0. The van der Waals surface area contributed by atoms with Crippen molar-refractivity contribution in [3.05, 3.63) is 30.5 Å². The second-order valence-electron chi connectivity index (χ2n) is 2.99.